The van der Waals surface area contributed by atoms with Crippen molar-refractivity contribution in [3.8, 4) is 0 Å². The Morgan fingerprint density at radius 3 is 2.44 bits per heavy atom. The summed E-state index contributed by atoms with van der Waals surface area (Å²) in [6.07, 6.45) is 2.75. The smallest absolute Gasteiger partial charge is 0.254 e. The number of rotatable bonds is 6. The molecule has 1 saturated heterocycles. The first kappa shape index (κ1) is 20.7. The molecule has 162 valence electrons. The largest absolute Gasteiger partial charge is 0.360 e. The standard InChI is InChI=1S/C26H25N3O2S/c30-25(23-10-5-17-32-23)21-18-27-22-9-4-8-20(24(21)22)26(31)29-15-13-28(14-16-29)12-11-19-6-2-1-3-7-19/h1-10,17-18,27H,11-16H2. The Morgan fingerprint density at radius 1 is 0.875 bits per heavy atom. The lowest BCUT2D eigenvalue weighted by atomic mass is 10.0. The van der Waals surface area contributed by atoms with Crippen LogP contribution < -0.4 is 0 Å². The number of thiophene rings is 1. The molecular weight excluding hydrogens is 418 g/mol. The molecule has 0 aliphatic carbocycles. The highest BCUT2D eigenvalue weighted by atomic mass is 32.1. The van der Waals surface area contributed by atoms with Crippen LogP contribution in [0.15, 0.2) is 72.2 Å². The second kappa shape index (κ2) is 9.10. The zero-order valence-corrected chi connectivity index (χ0v) is 18.6. The van der Waals surface area contributed by atoms with Crippen LogP contribution in [0.5, 0.6) is 0 Å². The average Bonchev–Trinajstić information content (AvgIpc) is 3.53. The van der Waals surface area contributed by atoms with E-state index in [-0.39, 0.29) is 11.7 Å². The topological polar surface area (TPSA) is 56.4 Å². The van der Waals surface area contributed by atoms with Gasteiger partial charge in [-0.15, -0.1) is 11.3 Å². The molecule has 1 N–H and O–H groups in total. The van der Waals surface area contributed by atoms with Gasteiger partial charge in [-0.25, -0.2) is 0 Å². The van der Waals surface area contributed by atoms with Crippen molar-refractivity contribution in [3.63, 3.8) is 0 Å². The van der Waals surface area contributed by atoms with Gasteiger partial charge in [-0.1, -0.05) is 42.5 Å². The third kappa shape index (κ3) is 4.11. The van der Waals surface area contributed by atoms with Crippen LogP contribution in [-0.2, 0) is 6.42 Å². The summed E-state index contributed by atoms with van der Waals surface area (Å²) >= 11 is 1.42. The van der Waals surface area contributed by atoms with E-state index in [4.69, 9.17) is 0 Å². The SMILES string of the molecule is O=C(c1cccs1)c1c[nH]c2cccc(C(=O)N3CCN(CCc4ccccc4)CC3)c12. The molecule has 2 aromatic heterocycles. The molecule has 0 radical (unpaired) electrons. The van der Waals surface area contributed by atoms with E-state index < -0.39 is 0 Å². The van der Waals surface area contributed by atoms with Crippen LogP contribution in [0.25, 0.3) is 10.9 Å². The first-order valence-electron chi connectivity index (χ1n) is 10.9. The van der Waals surface area contributed by atoms with Crippen LogP contribution >= 0.6 is 11.3 Å². The molecule has 0 spiro atoms. The second-order valence-electron chi connectivity index (χ2n) is 8.11. The number of ketones is 1. The molecule has 32 heavy (non-hydrogen) atoms. The number of aromatic nitrogens is 1. The molecule has 3 heterocycles. The van der Waals surface area contributed by atoms with Gasteiger partial charge >= 0.3 is 0 Å². The van der Waals surface area contributed by atoms with E-state index in [9.17, 15) is 9.59 Å². The van der Waals surface area contributed by atoms with Crippen molar-refractivity contribution in [2.24, 2.45) is 0 Å². The van der Waals surface area contributed by atoms with E-state index in [2.05, 4.69) is 34.1 Å². The summed E-state index contributed by atoms with van der Waals surface area (Å²) < 4.78 is 0. The fourth-order valence-corrected chi connectivity index (χ4v) is 5.04. The highest BCUT2D eigenvalue weighted by molar-refractivity contribution is 7.12. The summed E-state index contributed by atoms with van der Waals surface area (Å²) in [5.41, 5.74) is 3.32. The highest BCUT2D eigenvalue weighted by Crippen LogP contribution is 2.27. The van der Waals surface area contributed by atoms with Crippen molar-refractivity contribution >= 4 is 33.9 Å². The Balaban J connectivity index is 1.30. The maximum Gasteiger partial charge on any atom is 0.254 e. The summed E-state index contributed by atoms with van der Waals surface area (Å²) in [5, 5.41) is 2.62. The maximum atomic E-state index is 13.4. The van der Waals surface area contributed by atoms with Gasteiger partial charge in [0, 0.05) is 61.0 Å². The molecule has 0 unspecified atom stereocenters. The molecule has 4 aromatic rings. The molecule has 0 atom stereocenters. The molecule has 6 heteroatoms. The minimum absolute atomic E-state index is 0.00172. The van der Waals surface area contributed by atoms with E-state index in [1.807, 2.05) is 46.7 Å². The molecule has 0 saturated carbocycles. The van der Waals surface area contributed by atoms with Gasteiger partial charge in [0.15, 0.2) is 0 Å². The molecule has 1 aliphatic heterocycles. The number of hydrogen-bond acceptors (Lipinski definition) is 4. The van der Waals surface area contributed by atoms with Crippen molar-refractivity contribution in [2.75, 3.05) is 32.7 Å². The number of piperazine rings is 1. The third-order valence-corrected chi connectivity index (χ3v) is 7.01. The molecule has 1 aliphatic rings. The van der Waals surface area contributed by atoms with Gasteiger partial charge in [-0.2, -0.15) is 0 Å². The van der Waals surface area contributed by atoms with Gasteiger partial charge in [-0.05, 0) is 35.6 Å². The van der Waals surface area contributed by atoms with Gasteiger partial charge in [0.1, 0.15) is 0 Å². The van der Waals surface area contributed by atoms with Crippen molar-refractivity contribution in [2.45, 2.75) is 6.42 Å². The fourth-order valence-electron chi connectivity index (χ4n) is 4.36. The maximum absolute atomic E-state index is 13.4. The van der Waals surface area contributed by atoms with Crippen LogP contribution in [0.2, 0.25) is 0 Å². The van der Waals surface area contributed by atoms with Crippen LogP contribution in [0, 0.1) is 0 Å². The van der Waals surface area contributed by atoms with Crippen LogP contribution in [0.1, 0.15) is 31.2 Å². The number of carbonyl (C=O) groups is 2. The molecule has 5 nitrogen and oxygen atoms in total. The number of H-pyrrole nitrogens is 1. The first-order chi connectivity index (χ1) is 15.7. The van der Waals surface area contributed by atoms with Crippen LogP contribution in [0.4, 0.5) is 0 Å². The number of benzene rings is 2. The monoisotopic (exact) mass is 443 g/mol. The van der Waals surface area contributed by atoms with Crippen molar-refractivity contribution in [3.05, 3.63) is 93.8 Å². The van der Waals surface area contributed by atoms with E-state index in [0.717, 1.165) is 37.0 Å². The lowest BCUT2D eigenvalue weighted by Crippen LogP contribution is -2.49. The lowest BCUT2D eigenvalue weighted by Gasteiger charge is -2.35. The summed E-state index contributed by atoms with van der Waals surface area (Å²) in [6.45, 7) is 4.12. The zero-order valence-electron chi connectivity index (χ0n) is 17.8. The van der Waals surface area contributed by atoms with E-state index in [1.54, 1.807) is 6.20 Å². The zero-order chi connectivity index (χ0) is 21.9. The van der Waals surface area contributed by atoms with Gasteiger partial charge in [-0.3, -0.25) is 14.5 Å². The average molecular weight is 444 g/mol. The molecular formula is C26H25N3O2S. The molecule has 1 fully saturated rings. The second-order valence-corrected chi connectivity index (χ2v) is 9.05. The minimum Gasteiger partial charge on any atom is -0.360 e. The summed E-state index contributed by atoms with van der Waals surface area (Å²) in [5.74, 6) is -0.0460. The van der Waals surface area contributed by atoms with Gasteiger partial charge in [0.25, 0.3) is 5.91 Å². The van der Waals surface area contributed by atoms with Gasteiger partial charge in [0.05, 0.1) is 4.88 Å². The fraction of sp³-hybridized carbons (Fsp3) is 0.231. The highest BCUT2D eigenvalue weighted by Gasteiger charge is 2.26. The van der Waals surface area contributed by atoms with Crippen molar-refractivity contribution in [1.82, 2.24) is 14.8 Å². The van der Waals surface area contributed by atoms with Crippen molar-refractivity contribution in [1.29, 1.82) is 0 Å². The summed E-state index contributed by atoms with van der Waals surface area (Å²) in [4.78, 5) is 34.7. The molecule has 5 rings (SSSR count). The number of amides is 1. The predicted molar refractivity (Wildman–Crippen MR) is 129 cm³/mol. The third-order valence-electron chi connectivity index (χ3n) is 6.14. The van der Waals surface area contributed by atoms with Crippen molar-refractivity contribution < 1.29 is 9.59 Å². The molecule has 1 amide bonds. The van der Waals surface area contributed by atoms with E-state index in [0.29, 0.717) is 29.1 Å². The van der Waals surface area contributed by atoms with Gasteiger partial charge < -0.3 is 9.88 Å². The Bertz CT molecular complexity index is 1220. The van der Waals surface area contributed by atoms with Crippen LogP contribution in [0.3, 0.4) is 0 Å². The summed E-state index contributed by atoms with van der Waals surface area (Å²) in [6, 6.07) is 19.8. The number of nitrogens with zero attached hydrogens (tertiary/aromatic N) is 2. The minimum atomic E-state index is -0.0442. The first-order valence-corrected chi connectivity index (χ1v) is 11.8. The number of carbonyl (C=O) groups excluding carboxylic acids is 2. The molecule has 0 bridgehead atoms. The Morgan fingerprint density at radius 2 is 1.69 bits per heavy atom. The Kier molecular flexibility index (Phi) is 5.88. The Labute approximate surface area is 191 Å². The summed E-state index contributed by atoms with van der Waals surface area (Å²) in [7, 11) is 0. The normalized spacial score (nSPS) is 14.7. The Hall–Kier alpha value is -3.22. The number of aromatic amines is 1. The number of fused-ring (bicyclic) bond motifs is 1. The van der Waals surface area contributed by atoms with E-state index >= 15 is 0 Å². The molecule has 2 aromatic carbocycles. The number of hydrogen-bond donors (Lipinski definition) is 1. The quantitative estimate of drug-likeness (QED) is 0.448. The lowest BCUT2D eigenvalue weighted by molar-refractivity contribution is 0.0640. The van der Waals surface area contributed by atoms with Gasteiger partial charge in [0.2, 0.25) is 5.78 Å². The predicted octanol–water partition coefficient (Wildman–Crippen LogP) is 4.46. The van der Waals surface area contributed by atoms with E-state index in [1.165, 1.54) is 16.9 Å². The van der Waals surface area contributed by atoms with Crippen LogP contribution in [-0.4, -0.2) is 59.2 Å². The number of nitrogens with one attached hydrogen (secondary N) is 1.